The van der Waals surface area contributed by atoms with Crippen molar-refractivity contribution in [3.05, 3.63) is 23.4 Å². The molecule has 1 saturated heterocycles. The van der Waals surface area contributed by atoms with Crippen LogP contribution in [0.5, 0.6) is 0 Å². The molecule has 1 atom stereocenters. The Kier molecular flexibility index (Phi) is 4.77. The Bertz CT molecular complexity index is 411. The van der Waals surface area contributed by atoms with Crippen LogP contribution in [0.3, 0.4) is 0 Å². The van der Waals surface area contributed by atoms with Gasteiger partial charge in [0.1, 0.15) is 5.82 Å². The number of hydrogen-bond acceptors (Lipinski definition) is 4. The predicted octanol–water partition coefficient (Wildman–Crippen LogP) is 1.77. The molecular formula is C15H26N4. The fourth-order valence-electron chi connectivity index (χ4n) is 2.64. The zero-order chi connectivity index (χ0) is 13.8. The zero-order valence-corrected chi connectivity index (χ0v) is 12.4. The summed E-state index contributed by atoms with van der Waals surface area (Å²) in [6.45, 7) is 11.5. The minimum absolute atomic E-state index is 0.564. The number of aromatic nitrogens is 1. The smallest absolute Gasteiger partial charge is 0.133 e. The highest BCUT2D eigenvalue weighted by Crippen LogP contribution is 2.20. The van der Waals surface area contributed by atoms with Crippen LogP contribution >= 0.6 is 0 Å². The maximum Gasteiger partial charge on any atom is 0.133 e. The minimum Gasteiger partial charge on any atom is -0.354 e. The van der Waals surface area contributed by atoms with Crippen LogP contribution in [0.4, 0.5) is 5.82 Å². The van der Waals surface area contributed by atoms with Crippen molar-refractivity contribution in [2.75, 3.05) is 31.1 Å². The van der Waals surface area contributed by atoms with Gasteiger partial charge in [-0.25, -0.2) is 4.98 Å². The van der Waals surface area contributed by atoms with Crippen molar-refractivity contribution in [2.24, 2.45) is 5.73 Å². The summed E-state index contributed by atoms with van der Waals surface area (Å²) >= 11 is 0. The predicted molar refractivity (Wildman–Crippen MR) is 80.4 cm³/mol. The van der Waals surface area contributed by atoms with Crippen molar-refractivity contribution in [3.8, 4) is 0 Å². The third kappa shape index (κ3) is 3.25. The molecule has 106 valence electrons. The molecule has 4 nitrogen and oxygen atoms in total. The zero-order valence-electron chi connectivity index (χ0n) is 12.4. The molecule has 1 aromatic heterocycles. The second kappa shape index (κ2) is 6.35. The van der Waals surface area contributed by atoms with Crippen LogP contribution in [-0.2, 0) is 6.54 Å². The van der Waals surface area contributed by atoms with E-state index in [0.717, 1.165) is 43.3 Å². The Hall–Kier alpha value is -1.13. The van der Waals surface area contributed by atoms with Gasteiger partial charge in [-0.05, 0) is 26.3 Å². The first-order chi connectivity index (χ1) is 9.15. The number of hydrogen-bond donors (Lipinski definition) is 1. The van der Waals surface area contributed by atoms with E-state index < -0.39 is 0 Å². The molecule has 1 aromatic rings. The maximum absolute atomic E-state index is 5.83. The Morgan fingerprint density at radius 2 is 1.95 bits per heavy atom. The van der Waals surface area contributed by atoms with E-state index in [-0.39, 0.29) is 0 Å². The highest BCUT2D eigenvalue weighted by atomic mass is 15.3. The highest BCUT2D eigenvalue weighted by molar-refractivity contribution is 5.48. The Balaban J connectivity index is 2.07. The van der Waals surface area contributed by atoms with Crippen LogP contribution in [0.25, 0.3) is 0 Å². The van der Waals surface area contributed by atoms with Gasteiger partial charge in [0.05, 0.1) is 0 Å². The topological polar surface area (TPSA) is 45.4 Å². The third-order valence-corrected chi connectivity index (χ3v) is 4.14. The summed E-state index contributed by atoms with van der Waals surface area (Å²) < 4.78 is 0. The first kappa shape index (κ1) is 14.3. The van der Waals surface area contributed by atoms with Crippen molar-refractivity contribution >= 4 is 5.82 Å². The lowest BCUT2D eigenvalue weighted by molar-refractivity contribution is 0.192. The van der Waals surface area contributed by atoms with Gasteiger partial charge in [0.15, 0.2) is 0 Å². The average molecular weight is 262 g/mol. The van der Waals surface area contributed by atoms with Crippen LogP contribution in [-0.4, -0.2) is 42.1 Å². The Morgan fingerprint density at radius 3 is 2.53 bits per heavy atom. The molecule has 2 rings (SSSR count). The van der Waals surface area contributed by atoms with Gasteiger partial charge in [-0.2, -0.15) is 0 Å². The van der Waals surface area contributed by atoms with Crippen molar-refractivity contribution in [1.29, 1.82) is 0 Å². The van der Waals surface area contributed by atoms with Gasteiger partial charge in [0.25, 0.3) is 0 Å². The molecular weight excluding hydrogens is 236 g/mol. The van der Waals surface area contributed by atoms with E-state index in [1.165, 1.54) is 6.42 Å². The maximum atomic E-state index is 5.83. The number of piperazine rings is 1. The molecule has 0 saturated carbocycles. The minimum atomic E-state index is 0.564. The lowest BCUT2D eigenvalue weighted by Gasteiger charge is -2.39. The summed E-state index contributed by atoms with van der Waals surface area (Å²) in [5.41, 5.74) is 8.05. The van der Waals surface area contributed by atoms with E-state index in [4.69, 9.17) is 5.73 Å². The molecule has 19 heavy (non-hydrogen) atoms. The standard InChI is InChI=1S/C15H26N4/c1-4-13(3)18-7-9-19(10-8-18)15-14(11-16)6-5-12(2)17-15/h5-6,13H,4,7-11,16H2,1-3H3. The van der Waals surface area contributed by atoms with E-state index in [9.17, 15) is 0 Å². The number of pyridine rings is 1. The fraction of sp³-hybridized carbons (Fsp3) is 0.667. The van der Waals surface area contributed by atoms with Gasteiger partial charge >= 0.3 is 0 Å². The summed E-state index contributed by atoms with van der Waals surface area (Å²) in [5.74, 6) is 1.09. The lowest BCUT2D eigenvalue weighted by atomic mass is 10.1. The van der Waals surface area contributed by atoms with Gasteiger partial charge in [0, 0.05) is 50.0 Å². The van der Waals surface area contributed by atoms with Crippen molar-refractivity contribution in [1.82, 2.24) is 9.88 Å². The largest absolute Gasteiger partial charge is 0.354 e. The third-order valence-electron chi connectivity index (χ3n) is 4.14. The molecule has 2 N–H and O–H groups in total. The van der Waals surface area contributed by atoms with E-state index in [1.807, 2.05) is 13.0 Å². The summed E-state index contributed by atoms with van der Waals surface area (Å²) in [7, 11) is 0. The number of nitrogens with two attached hydrogens (primary N) is 1. The molecule has 0 bridgehead atoms. The van der Waals surface area contributed by atoms with Gasteiger partial charge in [0.2, 0.25) is 0 Å². The molecule has 0 radical (unpaired) electrons. The molecule has 0 amide bonds. The SMILES string of the molecule is CCC(C)N1CCN(c2nc(C)ccc2CN)CC1. The van der Waals surface area contributed by atoms with Crippen molar-refractivity contribution in [2.45, 2.75) is 39.8 Å². The molecule has 1 unspecified atom stereocenters. The van der Waals surface area contributed by atoms with Gasteiger partial charge in [-0.15, -0.1) is 0 Å². The monoisotopic (exact) mass is 262 g/mol. The summed E-state index contributed by atoms with van der Waals surface area (Å²) in [4.78, 5) is 9.63. The lowest BCUT2D eigenvalue weighted by Crippen LogP contribution is -2.50. The Labute approximate surface area is 116 Å². The number of nitrogens with zero attached hydrogens (tertiary/aromatic N) is 3. The molecule has 1 fully saturated rings. The number of anilines is 1. The normalized spacial score (nSPS) is 18.6. The number of aryl methyl sites for hydroxylation is 1. The molecule has 2 heterocycles. The molecule has 1 aliphatic rings. The van der Waals surface area contributed by atoms with Gasteiger partial charge in [-0.3, -0.25) is 4.90 Å². The van der Waals surface area contributed by atoms with Crippen molar-refractivity contribution < 1.29 is 0 Å². The summed E-state index contributed by atoms with van der Waals surface area (Å²) in [6.07, 6.45) is 1.22. The molecule has 0 aromatic carbocycles. The Morgan fingerprint density at radius 1 is 1.26 bits per heavy atom. The molecule has 0 spiro atoms. The molecule has 1 aliphatic heterocycles. The van der Waals surface area contributed by atoms with Crippen LogP contribution in [0.15, 0.2) is 12.1 Å². The summed E-state index contributed by atoms with van der Waals surface area (Å²) in [6, 6.07) is 4.83. The highest BCUT2D eigenvalue weighted by Gasteiger charge is 2.22. The first-order valence-corrected chi connectivity index (χ1v) is 7.31. The van der Waals surface area contributed by atoms with Crippen LogP contribution < -0.4 is 10.6 Å². The van der Waals surface area contributed by atoms with Crippen LogP contribution in [0.2, 0.25) is 0 Å². The fourth-order valence-corrected chi connectivity index (χ4v) is 2.64. The van der Waals surface area contributed by atoms with E-state index in [0.29, 0.717) is 12.6 Å². The van der Waals surface area contributed by atoms with E-state index in [2.05, 4.69) is 34.7 Å². The van der Waals surface area contributed by atoms with Gasteiger partial charge in [-0.1, -0.05) is 13.0 Å². The molecule has 4 heteroatoms. The average Bonchev–Trinajstić information content (AvgIpc) is 2.46. The second-order valence-electron chi connectivity index (χ2n) is 5.42. The molecule has 0 aliphatic carbocycles. The van der Waals surface area contributed by atoms with E-state index >= 15 is 0 Å². The first-order valence-electron chi connectivity index (χ1n) is 7.31. The summed E-state index contributed by atoms with van der Waals surface area (Å²) in [5, 5.41) is 0. The number of rotatable bonds is 4. The second-order valence-corrected chi connectivity index (χ2v) is 5.42. The van der Waals surface area contributed by atoms with Gasteiger partial charge < -0.3 is 10.6 Å². The quantitative estimate of drug-likeness (QED) is 0.898. The van der Waals surface area contributed by atoms with Crippen LogP contribution in [0, 0.1) is 6.92 Å². The van der Waals surface area contributed by atoms with E-state index in [1.54, 1.807) is 0 Å². The van der Waals surface area contributed by atoms with Crippen LogP contribution in [0.1, 0.15) is 31.5 Å². The van der Waals surface area contributed by atoms with Crippen molar-refractivity contribution in [3.63, 3.8) is 0 Å².